The number of rotatable bonds is 8. The number of benzene rings is 1. The first-order chi connectivity index (χ1) is 10.7. The number of hydrogen-bond acceptors (Lipinski definition) is 3. The summed E-state index contributed by atoms with van der Waals surface area (Å²) < 4.78 is 5.02. The molecule has 3 N–H and O–H groups in total. The lowest BCUT2D eigenvalue weighted by atomic mass is 10.1. The lowest BCUT2D eigenvalue weighted by molar-refractivity contribution is 0.0963. The van der Waals surface area contributed by atoms with Crippen LogP contribution in [0.1, 0.15) is 29.3 Å². The number of nitrogens with zero attached hydrogens (tertiary/aromatic N) is 1. The highest BCUT2D eigenvalue weighted by atomic mass is 127. The second kappa shape index (κ2) is 13.1. The van der Waals surface area contributed by atoms with Crippen LogP contribution in [0.3, 0.4) is 0 Å². The number of aliphatic imine (C=N–C) groups is 1. The molecule has 0 bridgehead atoms. The molecule has 0 heterocycles. The SMILES string of the molecule is CCNC(=NCc1cccc(C(=O)NC)c1)NCCCOC.I. The van der Waals surface area contributed by atoms with Crippen molar-refractivity contribution in [1.29, 1.82) is 0 Å². The van der Waals surface area contributed by atoms with Crippen molar-refractivity contribution in [2.24, 2.45) is 4.99 Å². The van der Waals surface area contributed by atoms with Crippen molar-refractivity contribution in [2.45, 2.75) is 19.9 Å². The highest BCUT2D eigenvalue weighted by molar-refractivity contribution is 14.0. The van der Waals surface area contributed by atoms with Gasteiger partial charge in [0.2, 0.25) is 0 Å². The van der Waals surface area contributed by atoms with Crippen molar-refractivity contribution in [3.63, 3.8) is 0 Å². The number of nitrogens with one attached hydrogen (secondary N) is 3. The van der Waals surface area contributed by atoms with Crippen LogP contribution in [0.15, 0.2) is 29.3 Å². The number of halogens is 1. The Labute approximate surface area is 155 Å². The summed E-state index contributed by atoms with van der Waals surface area (Å²) >= 11 is 0. The van der Waals surface area contributed by atoms with E-state index in [9.17, 15) is 4.79 Å². The fourth-order valence-electron chi connectivity index (χ4n) is 1.89. The van der Waals surface area contributed by atoms with E-state index in [4.69, 9.17) is 4.74 Å². The van der Waals surface area contributed by atoms with Crippen molar-refractivity contribution in [3.8, 4) is 0 Å². The van der Waals surface area contributed by atoms with Gasteiger partial charge >= 0.3 is 0 Å². The highest BCUT2D eigenvalue weighted by Crippen LogP contribution is 2.06. The lowest BCUT2D eigenvalue weighted by Gasteiger charge is -2.11. The molecule has 1 amide bonds. The first-order valence-corrected chi connectivity index (χ1v) is 7.53. The van der Waals surface area contributed by atoms with Gasteiger partial charge in [0, 0.05) is 39.4 Å². The van der Waals surface area contributed by atoms with Crippen LogP contribution >= 0.6 is 24.0 Å². The third kappa shape index (κ3) is 8.75. The minimum atomic E-state index is -0.0876. The van der Waals surface area contributed by atoms with Crippen LogP contribution in [0.25, 0.3) is 0 Å². The smallest absolute Gasteiger partial charge is 0.251 e. The third-order valence-corrected chi connectivity index (χ3v) is 3.00. The molecule has 0 saturated heterocycles. The molecule has 1 rings (SSSR count). The van der Waals surface area contributed by atoms with Gasteiger partial charge in [-0.25, -0.2) is 4.99 Å². The summed E-state index contributed by atoms with van der Waals surface area (Å²) in [4.78, 5) is 16.2. The van der Waals surface area contributed by atoms with Crippen LogP contribution in [-0.4, -0.2) is 45.7 Å². The number of carbonyl (C=O) groups excluding carboxylic acids is 1. The summed E-state index contributed by atoms with van der Waals surface area (Å²) in [6, 6.07) is 7.48. The molecule has 23 heavy (non-hydrogen) atoms. The highest BCUT2D eigenvalue weighted by Gasteiger charge is 2.03. The van der Waals surface area contributed by atoms with E-state index in [1.54, 1.807) is 20.2 Å². The quantitative estimate of drug-likeness (QED) is 0.252. The molecule has 0 atom stereocenters. The van der Waals surface area contributed by atoms with E-state index < -0.39 is 0 Å². The van der Waals surface area contributed by atoms with Gasteiger partial charge in [-0.3, -0.25) is 4.79 Å². The molecule has 1 aromatic carbocycles. The molecule has 6 nitrogen and oxygen atoms in total. The molecule has 1 aromatic rings. The summed E-state index contributed by atoms with van der Waals surface area (Å²) in [6.45, 7) is 4.87. The van der Waals surface area contributed by atoms with Crippen LogP contribution in [0.2, 0.25) is 0 Å². The molecule has 0 saturated carbocycles. The first-order valence-electron chi connectivity index (χ1n) is 7.53. The molecule has 130 valence electrons. The van der Waals surface area contributed by atoms with E-state index in [2.05, 4.69) is 20.9 Å². The zero-order valence-electron chi connectivity index (χ0n) is 14.0. The molecule has 7 heteroatoms. The minimum absolute atomic E-state index is 0. The van der Waals surface area contributed by atoms with Gasteiger partial charge in [0.05, 0.1) is 6.54 Å². The molecule has 0 aromatic heterocycles. The normalized spacial score (nSPS) is 10.7. The van der Waals surface area contributed by atoms with Gasteiger partial charge in [-0.2, -0.15) is 0 Å². The largest absolute Gasteiger partial charge is 0.385 e. The zero-order chi connectivity index (χ0) is 16.2. The Morgan fingerprint density at radius 2 is 2.09 bits per heavy atom. The fourth-order valence-corrected chi connectivity index (χ4v) is 1.89. The Morgan fingerprint density at radius 1 is 1.30 bits per heavy atom. The van der Waals surface area contributed by atoms with E-state index in [-0.39, 0.29) is 29.9 Å². The molecular weight excluding hydrogens is 407 g/mol. The van der Waals surface area contributed by atoms with Crippen LogP contribution in [0.4, 0.5) is 0 Å². The molecular formula is C16H27IN4O2. The summed E-state index contributed by atoms with van der Waals surface area (Å²) in [5, 5.41) is 9.07. The summed E-state index contributed by atoms with van der Waals surface area (Å²) in [6.07, 6.45) is 0.924. The average Bonchev–Trinajstić information content (AvgIpc) is 2.56. The Balaban J connectivity index is 0.00000484. The summed E-state index contributed by atoms with van der Waals surface area (Å²) in [7, 11) is 3.32. The van der Waals surface area contributed by atoms with E-state index in [0.29, 0.717) is 12.1 Å². The van der Waals surface area contributed by atoms with Gasteiger partial charge in [0.15, 0.2) is 5.96 Å². The van der Waals surface area contributed by atoms with E-state index >= 15 is 0 Å². The monoisotopic (exact) mass is 434 g/mol. The molecule has 0 aliphatic rings. The van der Waals surface area contributed by atoms with Crippen LogP contribution < -0.4 is 16.0 Å². The maximum absolute atomic E-state index is 11.6. The van der Waals surface area contributed by atoms with Gasteiger partial charge in [-0.1, -0.05) is 12.1 Å². The van der Waals surface area contributed by atoms with Crippen molar-refractivity contribution < 1.29 is 9.53 Å². The molecule has 0 spiro atoms. The van der Waals surface area contributed by atoms with Gasteiger partial charge in [-0.05, 0) is 31.0 Å². The van der Waals surface area contributed by atoms with Gasteiger partial charge in [0.25, 0.3) is 5.91 Å². The minimum Gasteiger partial charge on any atom is -0.385 e. The van der Waals surface area contributed by atoms with Gasteiger partial charge in [-0.15, -0.1) is 24.0 Å². The van der Waals surface area contributed by atoms with Crippen LogP contribution in [0, 0.1) is 0 Å². The average molecular weight is 434 g/mol. The molecule has 0 aliphatic carbocycles. The Bertz CT molecular complexity index is 495. The molecule has 0 fully saturated rings. The van der Waals surface area contributed by atoms with E-state index in [1.165, 1.54) is 0 Å². The second-order valence-electron chi connectivity index (χ2n) is 4.75. The van der Waals surface area contributed by atoms with E-state index in [1.807, 2.05) is 25.1 Å². The molecule has 0 radical (unpaired) electrons. The number of guanidine groups is 1. The number of hydrogen-bond donors (Lipinski definition) is 3. The van der Waals surface area contributed by atoms with Crippen molar-refractivity contribution >= 4 is 35.8 Å². The molecule has 0 aliphatic heterocycles. The van der Waals surface area contributed by atoms with Gasteiger partial charge in [0.1, 0.15) is 0 Å². The van der Waals surface area contributed by atoms with Crippen molar-refractivity contribution in [2.75, 3.05) is 33.9 Å². The second-order valence-corrected chi connectivity index (χ2v) is 4.75. The number of amides is 1. The van der Waals surface area contributed by atoms with Crippen molar-refractivity contribution in [1.82, 2.24) is 16.0 Å². The number of ether oxygens (including phenoxy) is 1. The fraction of sp³-hybridized carbons (Fsp3) is 0.500. The number of methoxy groups -OCH3 is 1. The Kier molecular flexibility index (Phi) is 12.4. The lowest BCUT2D eigenvalue weighted by Crippen LogP contribution is -2.38. The third-order valence-electron chi connectivity index (χ3n) is 3.00. The van der Waals surface area contributed by atoms with E-state index in [0.717, 1.165) is 37.6 Å². The zero-order valence-corrected chi connectivity index (χ0v) is 16.3. The molecule has 0 unspecified atom stereocenters. The predicted molar refractivity (Wildman–Crippen MR) is 105 cm³/mol. The first kappa shape index (κ1) is 21.6. The predicted octanol–water partition coefficient (Wildman–Crippen LogP) is 1.76. The van der Waals surface area contributed by atoms with Gasteiger partial charge < -0.3 is 20.7 Å². The maximum Gasteiger partial charge on any atom is 0.251 e. The Morgan fingerprint density at radius 3 is 2.74 bits per heavy atom. The topological polar surface area (TPSA) is 74.8 Å². The maximum atomic E-state index is 11.6. The van der Waals surface area contributed by atoms with Crippen molar-refractivity contribution in [3.05, 3.63) is 35.4 Å². The summed E-state index contributed by atoms with van der Waals surface area (Å²) in [5.74, 6) is 0.680. The van der Waals surface area contributed by atoms with Crippen LogP contribution in [0.5, 0.6) is 0 Å². The number of carbonyl (C=O) groups is 1. The standard InChI is InChI=1S/C16H26N4O2.HI/c1-4-18-16(19-9-6-10-22-3)20-12-13-7-5-8-14(11-13)15(21)17-2;/h5,7-8,11H,4,6,9-10,12H2,1-3H3,(H,17,21)(H2,18,19,20);1H. The summed E-state index contributed by atoms with van der Waals surface area (Å²) in [5.41, 5.74) is 1.64. The van der Waals surface area contributed by atoms with Crippen LogP contribution in [-0.2, 0) is 11.3 Å². The Hall–Kier alpha value is -1.35.